The number of aliphatic imine (C=N–C) groups is 1. The van der Waals surface area contributed by atoms with Gasteiger partial charge >= 0.3 is 7.12 Å². The Kier molecular flexibility index (Phi) is 16.2. The highest BCUT2D eigenvalue weighted by Crippen LogP contribution is 2.09. The molecule has 0 saturated heterocycles. The van der Waals surface area contributed by atoms with Gasteiger partial charge in [-0.2, -0.15) is 5.26 Å². The fourth-order valence-electron chi connectivity index (χ4n) is 3.32. The third kappa shape index (κ3) is 14.4. The first kappa shape index (κ1) is 34.1. The molecule has 0 aromatic heterocycles. The molecule has 0 aromatic carbocycles. The number of carbonyl (C=O) groups is 3. The fourth-order valence-corrected chi connectivity index (χ4v) is 3.32. The van der Waals surface area contributed by atoms with E-state index in [1.807, 2.05) is 33.8 Å². The van der Waals surface area contributed by atoms with E-state index < -0.39 is 37.0 Å². The average molecular weight is 520 g/mol. The highest BCUT2D eigenvalue weighted by atomic mass is 16.4. The van der Waals surface area contributed by atoms with E-state index in [9.17, 15) is 29.7 Å². The maximum absolute atomic E-state index is 13.0. The Morgan fingerprint density at radius 1 is 0.973 bits per heavy atom. The molecule has 0 aliphatic rings. The summed E-state index contributed by atoms with van der Waals surface area (Å²) in [6, 6.07) is 0.213. The van der Waals surface area contributed by atoms with Crippen LogP contribution in [0.2, 0.25) is 0 Å². The number of nitriles is 1. The zero-order chi connectivity index (χ0) is 28.7. The van der Waals surface area contributed by atoms with Gasteiger partial charge in [-0.15, -0.1) is 0 Å². The molecule has 12 heteroatoms. The van der Waals surface area contributed by atoms with Crippen LogP contribution in [0.1, 0.15) is 74.1 Å². The van der Waals surface area contributed by atoms with Gasteiger partial charge < -0.3 is 31.7 Å². The molecule has 3 atom stereocenters. The lowest BCUT2D eigenvalue weighted by Gasteiger charge is -2.25. The van der Waals surface area contributed by atoms with E-state index in [1.165, 1.54) is 6.92 Å². The number of allylic oxidation sites excluding steroid dienone is 1. The van der Waals surface area contributed by atoms with E-state index in [4.69, 9.17) is 5.73 Å². The van der Waals surface area contributed by atoms with Gasteiger partial charge in [0, 0.05) is 12.5 Å². The maximum Gasteiger partial charge on any atom is 0.475 e. The van der Waals surface area contributed by atoms with Crippen molar-refractivity contribution in [3.05, 3.63) is 11.6 Å². The number of unbranched alkanes of at least 4 members (excludes halogenated alkanes) is 1. The minimum atomic E-state index is -1.75. The van der Waals surface area contributed by atoms with E-state index in [0.29, 0.717) is 31.4 Å². The summed E-state index contributed by atoms with van der Waals surface area (Å²) in [6.07, 6.45) is 3.36. The standard InChI is InChI=1S/C25H45BN6O5/c1-15(2)12-19(14-27)22(28)29-11-9-8-10-20(25(35)32-21(26(36)37)13-16(3)4)31-24(34)18(7)30-23(33)17(5)6/h12,15-18,20-21,36-37H,8-11,13H2,1-7H3,(H2,28,29)(H,30,33)(H,31,34)(H,32,35)/t18?,20?,21-/m0/s1. The normalized spacial score (nSPS) is 14.7. The summed E-state index contributed by atoms with van der Waals surface area (Å²) in [5.74, 6) is -2.17. The second kappa shape index (κ2) is 17.5. The van der Waals surface area contributed by atoms with Gasteiger partial charge in [0.15, 0.2) is 0 Å². The lowest BCUT2D eigenvalue weighted by molar-refractivity contribution is -0.132. The van der Waals surface area contributed by atoms with E-state index in [-0.39, 0.29) is 35.9 Å². The van der Waals surface area contributed by atoms with Crippen molar-refractivity contribution in [3.8, 4) is 6.07 Å². The first-order valence-electron chi connectivity index (χ1n) is 12.9. The molecule has 11 nitrogen and oxygen atoms in total. The van der Waals surface area contributed by atoms with Crippen molar-refractivity contribution >= 4 is 30.7 Å². The van der Waals surface area contributed by atoms with Crippen molar-refractivity contribution in [3.63, 3.8) is 0 Å². The summed E-state index contributed by atoms with van der Waals surface area (Å²) >= 11 is 0. The van der Waals surface area contributed by atoms with E-state index in [2.05, 4.69) is 20.9 Å². The zero-order valence-electron chi connectivity index (χ0n) is 23.2. The molecule has 0 saturated carbocycles. The molecule has 0 bridgehead atoms. The van der Waals surface area contributed by atoms with E-state index in [0.717, 1.165) is 0 Å². The molecular formula is C25H45BN6O5. The largest absolute Gasteiger partial charge is 0.475 e. The number of nitrogens with one attached hydrogen (secondary N) is 3. The minimum Gasteiger partial charge on any atom is -0.426 e. The first-order valence-corrected chi connectivity index (χ1v) is 12.9. The summed E-state index contributed by atoms with van der Waals surface area (Å²) in [5, 5.41) is 36.5. The number of carbonyl (C=O) groups excluding carboxylic acids is 3. The van der Waals surface area contributed by atoms with Crippen LogP contribution in [0.15, 0.2) is 16.6 Å². The number of nitrogens with two attached hydrogens (primary N) is 1. The lowest BCUT2D eigenvalue weighted by atomic mass is 9.75. The van der Waals surface area contributed by atoms with Gasteiger partial charge in [-0.25, -0.2) is 0 Å². The summed E-state index contributed by atoms with van der Waals surface area (Å²) in [4.78, 5) is 41.9. The summed E-state index contributed by atoms with van der Waals surface area (Å²) < 4.78 is 0. The second-order valence-electron chi connectivity index (χ2n) is 10.3. The number of hydrogen-bond acceptors (Lipinski definition) is 7. The highest BCUT2D eigenvalue weighted by molar-refractivity contribution is 6.43. The first-order chi connectivity index (χ1) is 17.2. The summed E-state index contributed by atoms with van der Waals surface area (Å²) in [7, 11) is -1.75. The smallest absolute Gasteiger partial charge is 0.426 e. The van der Waals surface area contributed by atoms with Crippen molar-refractivity contribution < 1.29 is 24.4 Å². The molecule has 0 spiro atoms. The minimum absolute atomic E-state index is 0.0952. The molecule has 7 N–H and O–H groups in total. The van der Waals surface area contributed by atoms with Crippen molar-refractivity contribution in [2.75, 3.05) is 6.54 Å². The van der Waals surface area contributed by atoms with Gasteiger partial charge in [0.1, 0.15) is 24.0 Å². The van der Waals surface area contributed by atoms with Gasteiger partial charge in [0.05, 0.1) is 11.5 Å². The quantitative estimate of drug-likeness (QED) is 0.0570. The number of rotatable bonds is 16. The average Bonchev–Trinajstić information content (AvgIpc) is 2.79. The van der Waals surface area contributed by atoms with Crippen LogP contribution in [0.25, 0.3) is 0 Å². The van der Waals surface area contributed by atoms with Gasteiger partial charge in [-0.1, -0.05) is 47.6 Å². The van der Waals surface area contributed by atoms with Crippen LogP contribution in [-0.4, -0.2) is 65.3 Å². The van der Waals surface area contributed by atoms with Crippen LogP contribution in [0, 0.1) is 29.1 Å². The molecular weight excluding hydrogens is 475 g/mol. The van der Waals surface area contributed by atoms with Gasteiger partial charge in [0.25, 0.3) is 0 Å². The maximum atomic E-state index is 13.0. The van der Waals surface area contributed by atoms with E-state index >= 15 is 0 Å². The Morgan fingerprint density at radius 2 is 1.59 bits per heavy atom. The van der Waals surface area contributed by atoms with Crippen molar-refractivity contribution in [1.82, 2.24) is 16.0 Å². The molecule has 0 aromatic rings. The number of amides is 3. The topological polar surface area (TPSA) is 190 Å². The molecule has 2 unspecified atom stereocenters. The third-order valence-electron chi connectivity index (χ3n) is 5.40. The molecule has 3 amide bonds. The molecule has 37 heavy (non-hydrogen) atoms. The Bertz CT molecular complexity index is 851. The van der Waals surface area contributed by atoms with Crippen LogP contribution in [0.3, 0.4) is 0 Å². The number of amidine groups is 1. The molecule has 0 aliphatic carbocycles. The van der Waals surface area contributed by atoms with Gasteiger partial charge in [-0.05, 0) is 44.4 Å². The lowest BCUT2D eigenvalue weighted by Crippen LogP contribution is -2.56. The predicted octanol–water partition coefficient (Wildman–Crippen LogP) is 0.808. The highest BCUT2D eigenvalue weighted by Gasteiger charge is 2.30. The van der Waals surface area contributed by atoms with Crippen molar-refractivity contribution in [2.45, 2.75) is 92.2 Å². The SMILES string of the molecule is CC(C)C=C(C#N)C(N)=NCCCCC(NC(=O)C(C)NC(=O)C(C)C)C(=O)N[C@@H](CC(C)C)B(O)O. The van der Waals surface area contributed by atoms with E-state index in [1.54, 1.807) is 19.9 Å². The Hall–Kier alpha value is -2.91. The Morgan fingerprint density at radius 3 is 2.08 bits per heavy atom. The molecule has 0 heterocycles. The van der Waals surface area contributed by atoms with Crippen molar-refractivity contribution in [2.24, 2.45) is 28.5 Å². The van der Waals surface area contributed by atoms with Crippen LogP contribution >= 0.6 is 0 Å². The number of hydrogen-bond donors (Lipinski definition) is 6. The summed E-state index contributed by atoms with van der Waals surface area (Å²) in [5.41, 5.74) is 6.22. The molecule has 0 rings (SSSR count). The monoisotopic (exact) mass is 520 g/mol. The molecule has 0 fully saturated rings. The number of nitrogens with zero attached hydrogens (tertiary/aromatic N) is 2. The second-order valence-corrected chi connectivity index (χ2v) is 10.3. The molecule has 0 radical (unpaired) electrons. The molecule has 208 valence electrons. The van der Waals surface area contributed by atoms with Crippen LogP contribution < -0.4 is 21.7 Å². The predicted molar refractivity (Wildman–Crippen MR) is 145 cm³/mol. The van der Waals surface area contributed by atoms with Gasteiger partial charge in [0.2, 0.25) is 17.7 Å². The van der Waals surface area contributed by atoms with Crippen LogP contribution in [0.5, 0.6) is 0 Å². The fraction of sp³-hybridized carbons (Fsp3) is 0.720. The third-order valence-corrected chi connectivity index (χ3v) is 5.40. The zero-order valence-corrected chi connectivity index (χ0v) is 23.2. The molecule has 0 aliphatic heterocycles. The Labute approximate surface area is 221 Å². The van der Waals surface area contributed by atoms with Crippen LogP contribution in [0.4, 0.5) is 0 Å². The van der Waals surface area contributed by atoms with Crippen molar-refractivity contribution in [1.29, 1.82) is 5.26 Å². The summed E-state index contributed by atoms with van der Waals surface area (Å²) in [6.45, 7) is 12.9. The van der Waals surface area contributed by atoms with Gasteiger partial charge in [-0.3, -0.25) is 19.4 Å². The van der Waals surface area contributed by atoms with Crippen LogP contribution in [-0.2, 0) is 14.4 Å². The Balaban J connectivity index is 5.35.